The molecule has 0 bridgehead atoms. The second-order valence-corrected chi connectivity index (χ2v) is 4.48. The van der Waals surface area contributed by atoms with E-state index in [0.717, 1.165) is 24.4 Å². The smallest absolute Gasteiger partial charge is 0.219 e. The Morgan fingerprint density at radius 1 is 1.36 bits per heavy atom. The zero-order valence-corrected chi connectivity index (χ0v) is 8.72. The van der Waals surface area contributed by atoms with Gasteiger partial charge in [-0.3, -0.25) is 4.79 Å². The predicted molar refractivity (Wildman–Crippen MR) is 59.6 cm³/mol. The van der Waals surface area contributed by atoms with Gasteiger partial charge in [0, 0.05) is 11.3 Å². The van der Waals surface area contributed by atoms with Crippen LogP contribution in [0.15, 0.2) is 30.3 Å². The Morgan fingerprint density at radius 3 is 2.64 bits per heavy atom. The minimum absolute atomic E-state index is 0.192. The molecule has 2 rings (SSSR count). The molecule has 0 aliphatic carbocycles. The van der Waals surface area contributed by atoms with Crippen molar-refractivity contribution in [3.63, 3.8) is 0 Å². The lowest BCUT2D eigenvalue weighted by Crippen LogP contribution is -2.43. The van der Waals surface area contributed by atoms with E-state index in [2.05, 4.69) is 5.32 Å². The molecule has 0 amide bonds. The van der Waals surface area contributed by atoms with E-state index in [4.69, 9.17) is 0 Å². The highest BCUT2D eigenvalue weighted by atomic mass is 32.2. The van der Waals surface area contributed by atoms with Gasteiger partial charge in [-0.2, -0.15) is 0 Å². The number of nitrogens with one attached hydrogen (secondary N) is 1. The number of hydrogen-bond acceptors (Lipinski definition) is 3. The molecule has 1 N–H and O–H groups in total. The largest absolute Gasteiger partial charge is 0.316 e. The Labute approximate surface area is 88.1 Å². The summed E-state index contributed by atoms with van der Waals surface area (Å²) in [6.07, 6.45) is 0. The molecule has 0 radical (unpaired) electrons. The highest BCUT2D eigenvalue weighted by Crippen LogP contribution is 2.17. The summed E-state index contributed by atoms with van der Waals surface area (Å²) >= 11 is 1.43. The molecule has 1 aromatic rings. The number of benzene rings is 1. The van der Waals surface area contributed by atoms with Gasteiger partial charge in [0.15, 0.2) is 0 Å². The van der Waals surface area contributed by atoms with Crippen LogP contribution in [-0.2, 0) is 0 Å². The Bertz CT molecular complexity index is 308. The summed E-state index contributed by atoms with van der Waals surface area (Å²) in [7, 11) is 0. The standard InChI is InChI=1S/C11H13NOS/c13-11(10-4-2-1-3-5-10)14-8-9-6-12-7-9/h1-5,9,12H,6-8H2. The average Bonchev–Trinajstić information content (AvgIpc) is 2.16. The zero-order valence-electron chi connectivity index (χ0n) is 7.90. The first kappa shape index (κ1) is 9.74. The first-order valence-corrected chi connectivity index (χ1v) is 5.78. The molecule has 0 aromatic heterocycles. The summed E-state index contributed by atoms with van der Waals surface area (Å²) < 4.78 is 0. The van der Waals surface area contributed by atoms with E-state index in [0.29, 0.717) is 5.92 Å². The number of thioether (sulfide) groups is 1. The molecule has 2 nitrogen and oxygen atoms in total. The van der Waals surface area contributed by atoms with E-state index in [1.165, 1.54) is 11.8 Å². The molecule has 0 saturated carbocycles. The van der Waals surface area contributed by atoms with Gasteiger partial charge in [-0.15, -0.1) is 0 Å². The van der Waals surface area contributed by atoms with Gasteiger partial charge in [0.1, 0.15) is 0 Å². The van der Waals surface area contributed by atoms with E-state index in [-0.39, 0.29) is 5.12 Å². The van der Waals surface area contributed by atoms with E-state index in [1.807, 2.05) is 30.3 Å². The van der Waals surface area contributed by atoms with E-state index in [9.17, 15) is 4.79 Å². The van der Waals surface area contributed by atoms with Crippen molar-refractivity contribution in [2.24, 2.45) is 5.92 Å². The number of rotatable bonds is 3. The summed E-state index contributed by atoms with van der Waals surface area (Å²) in [6, 6.07) is 9.47. The molecule has 1 heterocycles. The highest BCUT2D eigenvalue weighted by molar-refractivity contribution is 8.14. The molecule has 1 aliphatic rings. The molecule has 1 aromatic carbocycles. The average molecular weight is 207 g/mol. The molecular formula is C11H13NOS. The minimum Gasteiger partial charge on any atom is -0.316 e. The van der Waals surface area contributed by atoms with Gasteiger partial charge in [0.05, 0.1) is 0 Å². The molecule has 0 unspecified atom stereocenters. The maximum atomic E-state index is 11.6. The monoisotopic (exact) mass is 207 g/mol. The van der Waals surface area contributed by atoms with Crippen LogP contribution in [0.1, 0.15) is 10.4 Å². The van der Waals surface area contributed by atoms with Crippen molar-refractivity contribution in [1.29, 1.82) is 0 Å². The summed E-state index contributed by atoms with van der Waals surface area (Å²) in [5, 5.41) is 3.39. The quantitative estimate of drug-likeness (QED) is 0.819. The molecule has 0 atom stereocenters. The van der Waals surface area contributed by atoms with Crippen LogP contribution in [0.3, 0.4) is 0 Å². The first-order valence-electron chi connectivity index (χ1n) is 4.79. The van der Waals surface area contributed by atoms with Gasteiger partial charge in [-0.1, -0.05) is 42.1 Å². The molecule has 1 saturated heterocycles. The second kappa shape index (κ2) is 4.62. The SMILES string of the molecule is O=C(SCC1CNC1)c1ccccc1. The molecule has 1 aliphatic heterocycles. The fraction of sp³-hybridized carbons (Fsp3) is 0.364. The Balaban J connectivity index is 1.83. The van der Waals surface area contributed by atoms with E-state index >= 15 is 0 Å². The van der Waals surface area contributed by atoms with Crippen LogP contribution in [-0.4, -0.2) is 24.0 Å². The minimum atomic E-state index is 0.192. The van der Waals surface area contributed by atoms with Crippen LogP contribution in [0.4, 0.5) is 0 Å². The fourth-order valence-electron chi connectivity index (χ4n) is 1.32. The summed E-state index contributed by atoms with van der Waals surface area (Å²) in [5.74, 6) is 1.63. The fourth-order valence-corrected chi connectivity index (χ4v) is 2.24. The van der Waals surface area contributed by atoms with E-state index in [1.54, 1.807) is 0 Å². The molecule has 74 valence electrons. The van der Waals surface area contributed by atoms with E-state index < -0.39 is 0 Å². The lowest BCUT2D eigenvalue weighted by atomic mass is 10.1. The van der Waals surface area contributed by atoms with Gasteiger partial charge < -0.3 is 5.32 Å². The van der Waals surface area contributed by atoms with Crippen LogP contribution >= 0.6 is 11.8 Å². The first-order chi connectivity index (χ1) is 6.86. The maximum absolute atomic E-state index is 11.6. The van der Waals surface area contributed by atoms with Crippen molar-refractivity contribution >= 4 is 16.9 Å². The lowest BCUT2D eigenvalue weighted by molar-refractivity contribution is 0.108. The number of hydrogen-bond donors (Lipinski definition) is 1. The predicted octanol–water partition coefficient (Wildman–Crippen LogP) is 1.78. The second-order valence-electron chi connectivity index (χ2n) is 3.49. The van der Waals surface area contributed by atoms with Crippen LogP contribution in [0.25, 0.3) is 0 Å². The van der Waals surface area contributed by atoms with Crippen molar-refractivity contribution in [1.82, 2.24) is 5.32 Å². The van der Waals surface area contributed by atoms with Crippen LogP contribution in [0.5, 0.6) is 0 Å². The highest BCUT2D eigenvalue weighted by Gasteiger charge is 2.18. The summed E-state index contributed by atoms with van der Waals surface area (Å²) in [4.78, 5) is 11.6. The molecule has 3 heteroatoms. The number of carbonyl (C=O) groups excluding carboxylic acids is 1. The zero-order chi connectivity index (χ0) is 9.80. The maximum Gasteiger partial charge on any atom is 0.219 e. The topological polar surface area (TPSA) is 29.1 Å². The van der Waals surface area contributed by atoms with Crippen molar-refractivity contribution < 1.29 is 4.79 Å². The third kappa shape index (κ3) is 2.36. The van der Waals surface area contributed by atoms with Gasteiger partial charge in [0.2, 0.25) is 5.12 Å². The van der Waals surface area contributed by atoms with Gasteiger partial charge in [0.25, 0.3) is 0 Å². The number of carbonyl (C=O) groups is 1. The van der Waals surface area contributed by atoms with Gasteiger partial charge >= 0.3 is 0 Å². The van der Waals surface area contributed by atoms with Crippen molar-refractivity contribution in [3.8, 4) is 0 Å². The van der Waals surface area contributed by atoms with Crippen LogP contribution < -0.4 is 5.32 Å². The summed E-state index contributed by atoms with van der Waals surface area (Å²) in [6.45, 7) is 2.13. The Morgan fingerprint density at radius 2 is 2.07 bits per heavy atom. The molecule has 1 fully saturated rings. The van der Waals surface area contributed by atoms with Crippen molar-refractivity contribution in [2.75, 3.05) is 18.8 Å². The van der Waals surface area contributed by atoms with Crippen LogP contribution in [0, 0.1) is 5.92 Å². The normalized spacial score (nSPS) is 16.3. The third-order valence-corrected chi connectivity index (χ3v) is 3.46. The summed E-state index contributed by atoms with van der Waals surface area (Å²) in [5.41, 5.74) is 0.810. The molecule has 0 spiro atoms. The van der Waals surface area contributed by atoms with Gasteiger partial charge in [-0.05, 0) is 19.0 Å². The lowest BCUT2D eigenvalue weighted by Gasteiger charge is -2.26. The van der Waals surface area contributed by atoms with Gasteiger partial charge in [-0.25, -0.2) is 0 Å². The Kier molecular flexibility index (Phi) is 3.22. The third-order valence-electron chi connectivity index (χ3n) is 2.33. The van der Waals surface area contributed by atoms with Crippen molar-refractivity contribution in [3.05, 3.63) is 35.9 Å². The molecule has 14 heavy (non-hydrogen) atoms. The van der Waals surface area contributed by atoms with Crippen molar-refractivity contribution in [2.45, 2.75) is 0 Å². The van der Waals surface area contributed by atoms with Crippen LogP contribution in [0.2, 0.25) is 0 Å². The molecular weight excluding hydrogens is 194 g/mol. The Hall–Kier alpha value is -0.800.